The van der Waals surface area contributed by atoms with E-state index in [2.05, 4.69) is 10.1 Å². The van der Waals surface area contributed by atoms with Gasteiger partial charge in [0.25, 0.3) is 0 Å². The third kappa shape index (κ3) is 4.40. The van der Waals surface area contributed by atoms with Crippen LogP contribution in [0, 0.1) is 0 Å². The lowest BCUT2D eigenvalue weighted by atomic mass is 10.0. The van der Waals surface area contributed by atoms with Crippen LogP contribution >= 0.6 is 0 Å². The van der Waals surface area contributed by atoms with Gasteiger partial charge in [0, 0.05) is 24.6 Å². The van der Waals surface area contributed by atoms with E-state index < -0.39 is 12.8 Å². The molecule has 0 spiro atoms. The number of nitrogens with one attached hydrogen (secondary N) is 1. The SMILES string of the molecule is FC(F)(F)COCCNC1CCOc2ccccc21. The van der Waals surface area contributed by atoms with Gasteiger partial charge >= 0.3 is 6.18 Å². The van der Waals surface area contributed by atoms with Crippen LogP contribution in [0.3, 0.4) is 0 Å². The highest BCUT2D eigenvalue weighted by Gasteiger charge is 2.27. The fourth-order valence-electron chi connectivity index (χ4n) is 2.05. The van der Waals surface area contributed by atoms with E-state index in [1.165, 1.54) is 0 Å². The van der Waals surface area contributed by atoms with Gasteiger partial charge in [0.2, 0.25) is 0 Å². The Bertz CT molecular complexity index is 409. The summed E-state index contributed by atoms with van der Waals surface area (Å²) < 4.78 is 45.7. The molecule has 1 aromatic rings. The molecule has 0 aromatic heterocycles. The van der Waals surface area contributed by atoms with Gasteiger partial charge in [0.05, 0.1) is 13.2 Å². The van der Waals surface area contributed by atoms with Gasteiger partial charge in [-0.1, -0.05) is 18.2 Å². The predicted octanol–water partition coefficient (Wildman–Crippen LogP) is 2.68. The molecule has 0 fully saturated rings. The summed E-state index contributed by atoms with van der Waals surface area (Å²) in [5.41, 5.74) is 1.05. The summed E-state index contributed by atoms with van der Waals surface area (Å²) >= 11 is 0. The van der Waals surface area contributed by atoms with Crippen LogP contribution in [0.5, 0.6) is 5.75 Å². The molecule has 19 heavy (non-hydrogen) atoms. The number of para-hydroxylation sites is 1. The molecule has 1 unspecified atom stereocenters. The largest absolute Gasteiger partial charge is 0.493 e. The monoisotopic (exact) mass is 275 g/mol. The number of hydrogen-bond donors (Lipinski definition) is 1. The minimum absolute atomic E-state index is 0.0407. The molecule has 1 aromatic carbocycles. The zero-order chi connectivity index (χ0) is 13.7. The first-order valence-corrected chi connectivity index (χ1v) is 6.16. The number of fused-ring (bicyclic) bond motifs is 1. The number of halogens is 3. The van der Waals surface area contributed by atoms with E-state index in [1.807, 2.05) is 24.3 Å². The van der Waals surface area contributed by atoms with E-state index in [0.717, 1.165) is 17.7 Å². The van der Waals surface area contributed by atoms with Crippen molar-refractivity contribution in [1.82, 2.24) is 5.32 Å². The molecule has 0 saturated heterocycles. The highest BCUT2D eigenvalue weighted by molar-refractivity contribution is 5.37. The second kappa shape index (κ2) is 6.25. The van der Waals surface area contributed by atoms with Crippen molar-refractivity contribution < 1.29 is 22.6 Å². The van der Waals surface area contributed by atoms with E-state index in [9.17, 15) is 13.2 Å². The molecular weight excluding hydrogens is 259 g/mol. The van der Waals surface area contributed by atoms with E-state index >= 15 is 0 Å². The molecule has 1 heterocycles. The van der Waals surface area contributed by atoms with Gasteiger partial charge in [0.1, 0.15) is 12.4 Å². The van der Waals surface area contributed by atoms with Crippen LogP contribution in [0.15, 0.2) is 24.3 Å². The maximum atomic E-state index is 11.9. The molecule has 1 atom stereocenters. The van der Waals surface area contributed by atoms with Crippen LogP contribution in [0.1, 0.15) is 18.0 Å². The second-order valence-corrected chi connectivity index (χ2v) is 4.35. The maximum Gasteiger partial charge on any atom is 0.411 e. The second-order valence-electron chi connectivity index (χ2n) is 4.35. The van der Waals surface area contributed by atoms with E-state index in [0.29, 0.717) is 13.2 Å². The molecule has 1 aliphatic heterocycles. The average molecular weight is 275 g/mol. The third-order valence-corrected chi connectivity index (χ3v) is 2.86. The van der Waals surface area contributed by atoms with E-state index in [-0.39, 0.29) is 12.6 Å². The molecule has 1 aliphatic rings. The summed E-state index contributed by atoms with van der Waals surface area (Å²) in [5.74, 6) is 0.836. The van der Waals surface area contributed by atoms with E-state index in [4.69, 9.17) is 4.74 Å². The summed E-state index contributed by atoms with van der Waals surface area (Å²) in [6.45, 7) is -0.161. The minimum atomic E-state index is -4.26. The van der Waals surface area contributed by atoms with Crippen LogP contribution in [0.4, 0.5) is 13.2 Å². The molecule has 0 amide bonds. The molecule has 2 rings (SSSR count). The Morgan fingerprint density at radius 3 is 2.89 bits per heavy atom. The van der Waals surface area contributed by atoms with Gasteiger partial charge in [-0.15, -0.1) is 0 Å². The van der Waals surface area contributed by atoms with Crippen LogP contribution in [0.2, 0.25) is 0 Å². The lowest BCUT2D eigenvalue weighted by Crippen LogP contribution is -2.30. The summed E-state index contributed by atoms with van der Waals surface area (Å²) in [6.07, 6.45) is -3.46. The quantitative estimate of drug-likeness (QED) is 0.838. The Labute approximate surface area is 109 Å². The Hall–Kier alpha value is -1.27. The van der Waals surface area contributed by atoms with Gasteiger partial charge in [-0.2, -0.15) is 13.2 Å². The smallest absolute Gasteiger partial charge is 0.411 e. The van der Waals surface area contributed by atoms with E-state index in [1.54, 1.807) is 0 Å². The predicted molar refractivity (Wildman–Crippen MR) is 64.2 cm³/mol. The standard InChI is InChI=1S/C13H16F3NO2/c14-13(15,16)9-18-8-6-17-11-5-7-19-12-4-2-1-3-10(11)12/h1-4,11,17H,5-9H2. The number of hydrogen-bond acceptors (Lipinski definition) is 3. The number of alkyl halides is 3. The molecular formula is C13H16F3NO2. The highest BCUT2D eigenvalue weighted by Crippen LogP contribution is 2.31. The lowest BCUT2D eigenvalue weighted by Gasteiger charge is -2.26. The Morgan fingerprint density at radius 1 is 1.32 bits per heavy atom. The fraction of sp³-hybridized carbons (Fsp3) is 0.538. The Kier molecular flexibility index (Phi) is 4.66. The van der Waals surface area contributed by atoms with Gasteiger partial charge in [-0.3, -0.25) is 0 Å². The van der Waals surface area contributed by atoms with Crippen molar-refractivity contribution in [2.75, 3.05) is 26.4 Å². The molecule has 0 radical (unpaired) electrons. The average Bonchev–Trinajstić information content (AvgIpc) is 2.37. The van der Waals surface area contributed by atoms with Crippen LogP contribution in [-0.4, -0.2) is 32.5 Å². The van der Waals surface area contributed by atoms with Crippen molar-refractivity contribution in [3.63, 3.8) is 0 Å². The van der Waals surface area contributed by atoms with Gasteiger partial charge in [0.15, 0.2) is 0 Å². The zero-order valence-electron chi connectivity index (χ0n) is 10.4. The number of rotatable bonds is 5. The van der Waals surface area contributed by atoms with Crippen molar-refractivity contribution >= 4 is 0 Å². The van der Waals surface area contributed by atoms with Crippen LogP contribution in [-0.2, 0) is 4.74 Å². The summed E-state index contributed by atoms with van der Waals surface area (Å²) in [4.78, 5) is 0. The Balaban J connectivity index is 1.75. The fourth-order valence-corrected chi connectivity index (χ4v) is 2.05. The summed E-state index contributed by atoms with van der Waals surface area (Å²) in [6, 6.07) is 7.78. The normalized spacial score (nSPS) is 18.8. The van der Waals surface area contributed by atoms with Crippen LogP contribution in [0.25, 0.3) is 0 Å². The third-order valence-electron chi connectivity index (χ3n) is 2.86. The summed E-state index contributed by atoms with van der Waals surface area (Å²) in [5, 5.41) is 3.19. The molecule has 0 aliphatic carbocycles. The van der Waals surface area contributed by atoms with Crippen molar-refractivity contribution in [3.05, 3.63) is 29.8 Å². The topological polar surface area (TPSA) is 30.5 Å². The Morgan fingerprint density at radius 2 is 2.11 bits per heavy atom. The van der Waals surface area contributed by atoms with Crippen LogP contribution < -0.4 is 10.1 Å². The maximum absolute atomic E-state index is 11.9. The first-order valence-electron chi connectivity index (χ1n) is 6.16. The molecule has 0 saturated carbocycles. The first kappa shape index (κ1) is 14.1. The number of benzene rings is 1. The molecule has 3 nitrogen and oxygen atoms in total. The molecule has 106 valence electrons. The molecule has 6 heteroatoms. The van der Waals surface area contributed by atoms with Crippen molar-refractivity contribution in [2.45, 2.75) is 18.6 Å². The lowest BCUT2D eigenvalue weighted by molar-refractivity contribution is -0.173. The molecule has 0 bridgehead atoms. The summed E-state index contributed by atoms with van der Waals surface area (Å²) in [7, 11) is 0. The number of ether oxygens (including phenoxy) is 2. The van der Waals surface area contributed by atoms with Crippen molar-refractivity contribution in [1.29, 1.82) is 0 Å². The van der Waals surface area contributed by atoms with Gasteiger partial charge in [-0.05, 0) is 6.07 Å². The highest BCUT2D eigenvalue weighted by atomic mass is 19.4. The van der Waals surface area contributed by atoms with Gasteiger partial charge in [-0.25, -0.2) is 0 Å². The molecule has 1 N–H and O–H groups in total. The zero-order valence-corrected chi connectivity index (χ0v) is 10.4. The van der Waals surface area contributed by atoms with Crippen molar-refractivity contribution in [3.8, 4) is 5.75 Å². The van der Waals surface area contributed by atoms with Crippen molar-refractivity contribution in [2.24, 2.45) is 0 Å². The van der Waals surface area contributed by atoms with Gasteiger partial charge < -0.3 is 14.8 Å². The minimum Gasteiger partial charge on any atom is -0.493 e. The first-order chi connectivity index (χ1) is 9.06.